The number of nitrogens with one attached hydrogen (secondary N) is 1. The predicted octanol–water partition coefficient (Wildman–Crippen LogP) is 3.18. The van der Waals surface area contributed by atoms with Crippen molar-refractivity contribution < 1.29 is 28.5 Å². The number of carboxylic acid groups (broad SMARTS) is 1. The van der Waals surface area contributed by atoms with Crippen LogP contribution in [-0.4, -0.2) is 39.5 Å². The average molecular weight is 447 g/mol. The number of aromatic carboxylic acids is 1. The van der Waals surface area contributed by atoms with Crippen LogP contribution in [0.15, 0.2) is 35.3 Å². The molecule has 3 rings (SSSR count). The number of aliphatic hydroxyl groups excluding tert-OH is 1. The smallest absolute Gasteiger partial charge is 0.341 e. The molecule has 1 aromatic carbocycles. The van der Waals surface area contributed by atoms with Crippen LogP contribution < -0.4 is 15.5 Å². The van der Waals surface area contributed by atoms with Gasteiger partial charge < -0.3 is 24.8 Å². The van der Waals surface area contributed by atoms with Gasteiger partial charge in [-0.25, -0.2) is 13.6 Å². The molecule has 0 amide bonds. The van der Waals surface area contributed by atoms with Gasteiger partial charge in [-0.15, -0.1) is 0 Å². The molecule has 0 fully saturated rings. The van der Waals surface area contributed by atoms with Crippen LogP contribution in [0.2, 0.25) is 0 Å². The Labute approximate surface area is 182 Å². The van der Waals surface area contributed by atoms with E-state index < -0.39 is 34.6 Å². The summed E-state index contributed by atoms with van der Waals surface area (Å²) in [7, 11) is 1.35. The number of carbonyl (C=O) groups is 1. The monoisotopic (exact) mass is 447 g/mol. The lowest BCUT2D eigenvalue weighted by Gasteiger charge is -2.24. The molecular weight excluding hydrogens is 424 g/mol. The number of benzene rings is 1. The lowest BCUT2D eigenvalue weighted by Crippen LogP contribution is -2.26. The Morgan fingerprint density at radius 2 is 2.03 bits per heavy atom. The molecule has 0 spiro atoms. The number of halogens is 2. The standard InChI is InChI=1S/C22H23F2N3O5/c1-11(2)17(10-28)27-9-14(22(30)31)19(29)13-7-16(21(32-3)26-20(13)27)25-8-12-5-4-6-15(23)18(12)24/h4-7,9,11,17,25,28H,8,10H2,1-3H3,(H,30,31)/t17-/m1/s1. The van der Waals surface area contributed by atoms with E-state index in [1.807, 2.05) is 13.8 Å². The van der Waals surface area contributed by atoms with Crippen molar-refractivity contribution in [1.29, 1.82) is 0 Å². The topological polar surface area (TPSA) is 114 Å². The van der Waals surface area contributed by atoms with Crippen LogP contribution in [0.25, 0.3) is 11.0 Å². The Kier molecular flexibility index (Phi) is 6.73. The van der Waals surface area contributed by atoms with Crippen molar-refractivity contribution in [2.45, 2.75) is 26.4 Å². The van der Waals surface area contributed by atoms with Gasteiger partial charge in [0.1, 0.15) is 11.2 Å². The summed E-state index contributed by atoms with van der Waals surface area (Å²) in [5.74, 6) is -3.46. The number of nitrogens with zero attached hydrogens (tertiary/aromatic N) is 2. The Balaban J connectivity index is 2.19. The highest BCUT2D eigenvalue weighted by Crippen LogP contribution is 2.29. The number of fused-ring (bicyclic) bond motifs is 1. The van der Waals surface area contributed by atoms with Gasteiger partial charge >= 0.3 is 5.97 Å². The number of hydrogen-bond acceptors (Lipinski definition) is 6. The maximum atomic E-state index is 14.0. The van der Waals surface area contributed by atoms with Crippen molar-refractivity contribution in [1.82, 2.24) is 9.55 Å². The Hall–Kier alpha value is -3.53. The van der Waals surface area contributed by atoms with Crippen molar-refractivity contribution in [3.05, 3.63) is 63.4 Å². The van der Waals surface area contributed by atoms with Crippen LogP contribution in [-0.2, 0) is 6.54 Å². The molecular formula is C22H23F2N3O5. The highest BCUT2D eigenvalue weighted by atomic mass is 19.2. The maximum Gasteiger partial charge on any atom is 0.341 e. The molecule has 0 radical (unpaired) electrons. The lowest BCUT2D eigenvalue weighted by atomic mass is 10.0. The summed E-state index contributed by atoms with van der Waals surface area (Å²) >= 11 is 0. The zero-order valence-corrected chi connectivity index (χ0v) is 17.7. The number of methoxy groups -OCH3 is 1. The number of pyridine rings is 2. The number of ether oxygens (including phenoxy) is 1. The van der Waals surface area contributed by atoms with E-state index in [0.717, 1.165) is 12.3 Å². The van der Waals surface area contributed by atoms with E-state index in [4.69, 9.17) is 4.74 Å². The minimum absolute atomic E-state index is 0.0213. The Morgan fingerprint density at radius 3 is 2.62 bits per heavy atom. The van der Waals surface area contributed by atoms with Gasteiger partial charge in [-0.1, -0.05) is 26.0 Å². The molecule has 0 aliphatic carbocycles. The first-order chi connectivity index (χ1) is 15.2. The molecule has 0 saturated heterocycles. The van der Waals surface area contributed by atoms with E-state index >= 15 is 0 Å². The first-order valence-corrected chi connectivity index (χ1v) is 9.84. The van der Waals surface area contributed by atoms with E-state index in [-0.39, 0.29) is 47.2 Å². The molecule has 32 heavy (non-hydrogen) atoms. The minimum atomic E-state index is -1.42. The zero-order valence-electron chi connectivity index (χ0n) is 17.7. The quantitative estimate of drug-likeness (QED) is 0.486. The van der Waals surface area contributed by atoms with Crippen molar-refractivity contribution in [2.24, 2.45) is 5.92 Å². The lowest BCUT2D eigenvalue weighted by molar-refractivity contribution is 0.0694. The molecule has 170 valence electrons. The summed E-state index contributed by atoms with van der Waals surface area (Å²) in [6.45, 7) is 3.24. The van der Waals surface area contributed by atoms with Crippen molar-refractivity contribution in [3.63, 3.8) is 0 Å². The molecule has 2 heterocycles. The summed E-state index contributed by atoms with van der Waals surface area (Å²) < 4.78 is 34.2. The minimum Gasteiger partial charge on any atom is -0.479 e. The third-order valence-electron chi connectivity index (χ3n) is 5.21. The summed E-state index contributed by atoms with van der Waals surface area (Å²) in [5.41, 5.74) is -0.874. The molecule has 0 unspecified atom stereocenters. The van der Waals surface area contributed by atoms with Crippen LogP contribution in [0.4, 0.5) is 14.5 Å². The normalized spacial score (nSPS) is 12.2. The molecule has 0 aliphatic heterocycles. The fourth-order valence-electron chi connectivity index (χ4n) is 3.44. The zero-order chi connectivity index (χ0) is 23.6. The van der Waals surface area contributed by atoms with Gasteiger partial charge in [0.25, 0.3) is 0 Å². The number of aromatic nitrogens is 2. The van der Waals surface area contributed by atoms with E-state index in [1.165, 1.54) is 29.9 Å². The molecule has 8 nitrogen and oxygen atoms in total. The van der Waals surface area contributed by atoms with E-state index in [9.17, 15) is 28.6 Å². The van der Waals surface area contributed by atoms with Crippen LogP contribution in [0.5, 0.6) is 5.88 Å². The molecule has 0 saturated carbocycles. The van der Waals surface area contributed by atoms with Crippen molar-refractivity contribution in [2.75, 3.05) is 19.0 Å². The van der Waals surface area contributed by atoms with Gasteiger partial charge in [0.2, 0.25) is 11.3 Å². The van der Waals surface area contributed by atoms with Gasteiger partial charge in [-0.2, -0.15) is 4.98 Å². The molecule has 3 N–H and O–H groups in total. The van der Waals surface area contributed by atoms with Crippen LogP contribution in [0.1, 0.15) is 35.8 Å². The van der Waals surface area contributed by atoms with Crippen LogP contribution >= 0.6 is 0 Å². The highest BCUT2D eigenvalue weighted by Gasteiger charge is 2.23. The number of carboxylic acids is 1. The Morgan fingerprint density at radius 1 is 1.31 bits per heavy atom. The second-order valence-electron chi connectivity index (χ2n) is 7.56. The second kappa shape index (κ2) is 9.31. The van der Waals surface area contributed by atoms with E-state index in [2.05, 4.69) is 10.3 Å². The first kappa shape index (κ1) is 23.1. The summed E-state index contributed by atoms with van der Waals surface area (Å²) in [6.07, 6.45) is 1.16. The Bertz CT molecular complexity index is 1230. The SMILES string of the molecule is COc1nc2c(cc1NCc1cccc(F)c1F)c(=O)c(C(=O)O)cn2[C@H](CO)C(C)C. The molecule has 0 aliphatic rings. The molecule has 2 aromatic heterocycles. The summed E-state index contributed by atoms with van der Waals surface area (Å²) in [6, 6.07) is 4.58. The molecule has 10 heteroatoms. The average Bonchev–Trinajstić information content (AvgIpc) is 2.75. The molecule has 0 bridgehead atoms. The van der Waals surface area contributed by atoms with E-state index in [1.54, 1.807) is 0 Å². The maximum absolute atomic E-state index is 14.0. The first-order valence-electron chi connectivity index (χ1n) is 9.84. The third-order valence-corrected chi connectivity index (χ3v) is 5.21. The number of rotatable bonds is 8. The largest absolute Gasteiger partial charge is 0.479 e. The molecule has 3 aromatic rings. The fraction of sp³-hybridized carbons (Fsp3) is 0.318. The fourth-order valence-corrected chi connectivity index (χ4v) is 3.44. The van der Waals surface area contributed by atoms with Crippen LogP contribution in [0, 0.1) is 17.6 Å². The predicted molar refractivity (Wildman–Crippen MR) is 114 cm³/mol. The highest BCUT2D eigenvalue weighted by molar-refractivity contribution is 5.93. The number of aliphatic hydroxyl groups is 1. The molecule has 1 atom stereocenters. The summed E-state index contributed by atoms with van der Waals surface area (Å²) in [4.78, 5) is 28.9. The number of hydrogen-bond donors (Lipinski definition) is 3. The summed E-state index contributed by atoms with van der Waals surface area (Å²) in [5, 5.41) is 22.2. The van der Waals surface area contributed by atoms with Crippen molar-refractivity contribution in [3.8, 4) is 5.88 Å². The van der Waals surface area contributed by atoms with Crippen molar-refractivity contribution >= 4 is 22.7 Å². The second-order valence-corrected chi connectivity index (χ2v) is 7.56. The van der Waals surface area contributed by atoms with Gasteiger partial charge in [0.05, 0.1) is 30.8 Å². The number of anilines is 1. The van der Waals surface area contributed by atoms with Crippen LogP contribution in [0.3, 0.4) is 0 Å². The third kappa shape index (κ3) is 4.26. The van der Waals surface area contributed by atoms with Gasteiger partial charge in [-0.05, 0) is 18.1 Å². The van der Waals surface area contributed by atoms with Gasteiger partial charge in [0.15, 0.2) is 11.6 Å². The van der Waals surface area contributed by atoms with Gasteiger partial charge in [0, 0.05) is 18.3 Å². The van der Waals surface area contributed by atoms with E-state index in [0.29, 0.717) is 0 Å². The van der Waals surface area contributed by atoms with Gasteiger partial charge in [-0.3, -0.25) is 4.79 Å².